The minimum Gasteiger partial charge on any atom is -0.508 e. The van der Waals surface area contributed by atoms with E-state index in [9.17, 15) is 23.9 Å². The van der Waals surface area contributed by atoms with Crippen LogP contribution in [0.25, 0.3) is 0 Å². The molecular weight excluding hydrogens is 629 g/mol. The number of nitrogens with zero attached hydrogens (tertiary/aromatic N) is 4. The van der Waals surface area contributed by atoms with E-state index < -0.39 is 52.3 Å². The lowest BCUT2D eigenvalue weighted by Gasteiger charge is -2.49. The van der Waals surface area contributed by atoms with E-state index in [1.54, 1.807) is 42.7 Å². The Hall–Kier alpha value is -5.36. The normalized spacial score (nSPS) is 24.4. The summed E-state index contributed by atoms with van der Waals surface area (Å²) in [5, 5.41) is 11.7. The lowest BCUT2D eigenvalue weighted by Crippen LogP contribution is -2.55. The van der Waals surface area contributed by atoms with Gasteiger partial charge in [0.25, 0.3) is 11.8 Å². The Bertz CT molecular complexity index is 2180. The van der Waals surface area contributed by atoms with E-state index in [1.807, 2.05) is 6.08 Å². The summed E-state index contributed by atoms with van der Waals surface area (Å²) in [6.45, 7) is 0.0732. The smallest absolute Gasteiger partial charge is 0.347 e. The summed E-state index contributed by atoms with van der Waals surface area (Å²) in [6, 6.07) is 16.1. The van der Waals surface area contributed by atoms with Crippen molar-refractivity contribution in [2.45, 2.75) is 30.8 Å². The summed E-state index contributed by atoms with van der Waals surface area (Å²) in [5.74, 6) is -2.83. The molecule has 0 bridgehead atoms. The number of halogens is 2. The maximum absolute atomic E-state index is 15.1. The van der Waals surface area contributed by atoms with Gasteiger partial charge in [0.1, 0.15) is 17.3 Å². The third-order valence-electron chi connectivity index (χ3n) is 9.86. The number of ether oxygens (including phenoxy) is 1. The average molecular weight is 656 g/mol. The molecule has 11 nitrogen and oxygen atoms in total. The van der Waals surface area contributed by atoms with Gasteiger partial charge in [-0.05, 0) is 77.7 Å². The number of anilines is 1. The molecule has 2 fully saturated rings. The zero-order chi connectivity index (χ0) is 32.8. The van der Waals surface area contributed by atoms with Crippen molar-refractivity contribution in [3.8, 4) is 11.5 Å². The standard InChI is InChI=1S/C34H27ClFN5O6/c1-38-32(45)39-13-12-25-27(41(39)33(38)46)16-26-30(43)40(37-23-8-6-22(36)7-9-23)31(44)34(26,20-2-4-21(35)5-3-20)29(25)19-14-18-15-24(42)10-11-28(18)47-17-19/h2-12,15,17,26-27,29,37,42H,13-14,16H2,1H3/t26-,27+,29-,34+/m0/s1. The van der Waals surface area contributed by atoms with Crippen molar-refractivity contribution in [3.63, 3.8) is 0 Å². The van der Waals surface area contributed by atoms with E-state index in [0.29, 0.717) is 38.7 Å². The molecule has 3 aliphatic heterocycles. The number of rotatable bonds is 4. The first-order chi connectivity index (χ1) is 22.6. The molecule has 1 aromatic heterocycles. The highest BCUT2D eigenvalue weighted by Crippen LogP contribution is 2.61. The van der Waals surface area contributed by atoms with Gasteiger partial charge in [-0.1, -0.05) is 29.8 Å². The summed E-state index contributed by atoms with van der Waals surface area (Å²) < 4.78 is 23.6. The summed E-state index contributed by atoms with van der Waals surface area (Å²) in [7, 11) is 1.40. The quantitative estimate of drug-likeness (QED) is 0.253. The van der Waals surface area contributed by atoms with Crippen LogP contribution >= 0.6 is 11.6 Å². The number of phenols is 1. The minimum absolute atomic E-state index is 0.0337. The fourth-order valence-electron chi connectivity index (χ4n) is 7.84. The number of hydrogen-bond acceptors (Lipinski definition) is 7. The van der Waals surface area contributed by atoms with Crippen molar-refractivity contribution >= 4 is 29.1 Å². The molecule has 2 amide bonds. The van der Waals surface area contributed by atoms with Gasteiger partial charge in [0.15, 0.2) is 0 Å². The molecular formula is C34H27ClFN5O6. The fourth-order valence-corrected chi connectivity index (χ4v) is 7.97. The number of aromatic hydroxyl groups is 1. The van der Waals surface area contributed by atoms with Crippen molar-refractivity contribution in [2.24, 2.45) is 18.9 Å². The Morgan fingerprint density at radius 1 is 1.00 bits per heavy atom. The maximum atomic E-state index is 15.1. The van der Waals surface area contributed by atoms with Crippen molar-refractivity contribution in [2.75, 3.05) is 5.43 Å². The predicted molar refractivity (Wildman–Crippen MR) is 168 cm³/mol. The first-order valence-corrected chi connectivity index (χ1v) is 15.4. The number of hydrogen-bond donors (Lipinski definition) is 2. The summed E-state index contributed by atoms with van der Waals surface area (Å²) in [5.41, 5.74) is 3.20. The van der Waals surface area contributed by atoms with Gasteiger partial charge in [-0.3, -0.25) is 15.0 Å². The molecule has 4 heterocycles. The first-order valence-electron chi connectivity index (χ1n) is 15.0. The Kier molecular flexibility index (Phi) is 6.39. The second-order valence-electron chi connectivity index (χ2n) is 12.2. The van der Waals surface area contributed by atoms with Crippen molar-refractivity contribution in [1.29, 1.82) is 0 Å². The highest BCUT2D eigenvalue weighted by atomic mass is 35.5. The van der Waals surface area contributed by atoms with Crippen LogP contribution in [0, 0.1) is 17.7 Å². The van der Waals surface area contributed by atoms with Crippen LogP contribution < -0.4 is 21.5 Å². The first kappa shape index (κ1) is 29.1. The summed E-state index contributed by atoms with van der Waals surface area (Å²) in [6.07, 6.45) is 3.73. The van der Waals surface area contributed by atoms with E-state index in [1.165, 1.54) is 46.7 Å². The van der Waals surface area contributed by atoms with Crippen LogP contribution in [0.3, 0.4) is 0 Å². The predicted octanol–water partition coefficient (Wildman–Crippen LogP) is 3.82. The molecule has 4 aromatic rings. The fraction of sp³-hybridized carbons (Fsp3) is 0.235. The number of benzene rings is 3. The maximum Gasteiger partial charge on any atom is 0.347 e. The van der Waals surface area contributed by atoms with Crippen LogP contribution in [0.1, 0.15) is 23.6 Å². The topological polar surface area (TPSA) is 128 Å². The Morgan fingerprint density at radius 3 is 2.49 bits per heavy atom. The Morgan fingerprint density at radius 2 is 1.74 bits per heavy atom. The van der Waals surface area contributed by atoms with Crippen molar-refractivity contribution in [3.05, 3.63) is 133 Å². The SMILES string of the molecule is Cn1c(=O)n2n(c1=O)[C@@H]1C[C@H]3C(=O)N(Nc4ccc(F)cc4)C(=O)[C@@]3(c3ccc(Cl)cc3)[C@@H](C3=COc4ccc(O)cc4C3)C1=CC2. The van der Waals surface area contributed by atoms with Crippen LogP contribution in [0.5, 0.6) is 11.5 Å². The number of amides is 2. The number of aromatic nitrogens is 3. The van der Waals surface area contributed by atoms with Crippen LogP contribution in [0.15, 0.2) is 99.8 Å². The number of imide groups is 1. The van der Waals surface area contributed by atoms with Crippen LogP contribution in [-0.2, 0) is 35.0 Å². The van der Waals surface area contributed by atoms with Crippen LogP contribution in [0.4, 0.5) is 10.1 Å². The van der Waals surface area contributed by atoms with Gasteiger partial charge in [-0.2, -0.15) is 5.01 Å². The number of hydrazine groups is 1. The molecule has 0 unspecified atom stereocenters. The molecule has 0 radical (unpaired) electrons. The molecule has 4 atom stereocenters. The van der Waals surface area contributed by atoms with Crippen LogP contribution in [0.2, 0.25) is 5.02 Å². The second-order valence-corrected chi connectivity index (χ2v) is 12.7. The lowest BCUT2D eigenvalue weighted by molar-refractivity contribution is -0.138. The molecule has 8 rings (SSSR count). The zero-order valence-corrected chi connectivity index (χ0v) is 25.6. The highest BCUT2D eigenvalue weighted by molar-refractivity contribution is 6.30. The van der Waals surface area contributed by atoms with Gasteiger partial charge in [0, 0.05) is 30.0 Å². The average Bonchev–Trinajstić information content (AvgIpc) is 3.42. The summed E-state index contributed by atoms with van der Waals surface area (Å²) >= 11 is 6.32. The molecule has 47 heavy (non-hydrogen) atoms. The zero-order valence-electron chi connectivity index (χ0n) is 24.9. The molecule has 0 spiro atoms. The van der Waals surface area contributed by atoms with Gasteiger partial charge in [0.2, 0.25) is 0 Å². The van der Waals surface area contributed by atoms with E-state index in [0.717, 1.165) is 9.58 Å². The molecule has 3 aromatic carbocycles. The highest BCUT2D eigenvalue weighted by Gasteiger charge is 2.69. The summed E-state index contributed by atoms with van der Waals surface area (Å²) in [4.78, 5) is 56.2. The van der Waals surface area contributed by atoms with Gasteiger partial charge in [0.05, 0.1) is 35.9 Å². The van der Waals surface area contributed by atoms with Gasteiger partial charge >= 0.3 is 11.4 Å². The lowest BCUT2D eigenvalue weighted by atomic mass is 9.52. The Labute approximate surface area is 271 Å². The van der Waals surface area contributed by atoms with Gasteiger partial charge < -0.3 is 9.84 Å². The van der Waals surface area contributed by atoms with Crippen LogP contribution in [-0.4, -0.2) is 35.9 Å². The monoisotopic (exact) mass is 655 g/mol. The van der Waals surface area contributed by atoms with E-state index in [-0.39, 0.29) is 25.1 Å². The third kappa shape index (κ3) is 4.10. The number of carbonyl (C=O) groups excluding carboxylic acids is 2. The Balaban J connectivity index is 1.37. The molecule has 2 N–H and O–H groups in total. The van der Waals surface area contributed by atoms with E-state index >= 15 is 4.79 Å². The largest absolute Gasteiger partial charge is 0.508 e. The van der Waals surface area contributed by atoms with Gasteiger partial charge in [-0.15, -0.1) is 0 Å². The molecule has 1 aliphatic carbocycles. The number of nitrogens with one attached hydrogen (secondary N) is 1. The van der Waals surface area contributed by atoms with Crippen molar-refractivity contribution in [1.82, 2.24) is 18.9 Å². The molecule has 238 valence electrons. The third-order valence-corrected chi connectivity index (χ3v) is 10.1. The molecule has 13 heteroatoms. The molecule has 4 aliphatic rings. The van der Waals surface area contributed by atoms with E-state index in [2.05, 4.69) is 5.43 Å². The second kappa shape index (κ2) is 10.3. The molecule has 1 saturated carbocycles. The minimum atomic E-state index is -1.54. The number of fused-ring (bicyclic) bond motifs is 5. The molecule has 1 saturated heterocycles. The van der Waals surface area contributed by atoms with Crippen molar-refractivity contribution < 1.29 is 23.8 Å². The number of carbonyl (C=O) groups is 2. The number of phenolic OH excluding ortho intramolecular Hbond substituents is 1. The number of allylic oxidation sites excluding steroid dienone is 3. The van der Waals surface area contributed by atoms with Gasteiger partial charge in [-0.25, -0.2) is 27.9 Å². The van der Waals surface area contributed by atoms with E-state index in [4.69, 9.17) is 16.3 Å².